The average molecular weight is 246 g/mol. The predicted molar refractivity (Wildman–Crippen MR) is 68.2 cm³/mol. The van der Waals surface area contributed by atoms with Crippen LogP contribution in [0.2, 0.25) is 0 Å². The van der Waals surface area contributed by atoms with E-state index in [0.29, 0.717) is 0 Å². The van der Waals surface area contributed by atoms with Crippen LogP contribution in [0.25, 0.3) is 0 Å². The summed E-state index contributed by atoms with van der Waals surface area (Å²) in [5.41, 5.74) is -0.537. The van der Waals surface area contributed by atoms with Gasteiger partial charge < -0.3 is 9.84 Å². The van der Waals surface area contributed by atoms with Crippen LogP contribution in [-0.4, -0.2) is 46.6 Å². The second-order valence-corrected chi connectivity index (χ2v) is 4.36. The molecule has 1 rings (SSSR count). The Hall–Kier alpha value is -1.51. The summed E-state index contributed by atoms with van der Waals surface area (Å²) in [6.07, 6.45) is 0.530. The van der Waals surface area contributed by atoms with Crippen molar-refractivity contribution in [1.29, 1.82) is 0 Å². The fourth-order valence-corrected chi connectivity index (χ4v) is 1.00. The van der Waals surface area contributed by atoms with Crippen LogP contribution in [0.15, 0.2) is 18.3 Å². The molecule has 1 heterocycles. The molecule has 7 heteroatoms. The van der Waals surface area contributed by atoms with Gasteiger partial charge in [-0.25, -0.2) is 14.6 Å². The quantitative estimate of drug-likeness (QED) is 0.771. The van der Waals surface area contributed by atoms with E-state index in [4.69, 9.17) is 9.84 Å². The van der Waals surface area contributed by atoms with Gasteiger partial charge >= 0.3 is 30.9 Å². The molecule has 1 amide bonds. The number of carbonyl (C=O) groups excluding carboxylic acids is 1. The Morgan fingerprint density at radius 3 is 2.33 bits per heavy atom. The number of carboxylic acid groups (broad SMARTS) is 1. The molecule has 1 aromatic rings. The molecule has 0 saturated carbocycles. The molecule has 6 nitrogen and oxygen atoms in total. The number of carboxylic acids is 1. The van der Waals surface area contributed by atoms with Crippen LogP contribution in [0.1, 0.15) is 31.1 Å². The van der Waals surface area contributed by atoms with Crippen molar-refractivity contribution in [3.05, 3.63) is 23.9 Å². The van der Waals surface area contributed by atoms with Gasteiger partial charge in [-0.3, -0.25) is 5.32 Å². The summed E-state index contributed by atoms with van der Waals surface area (Å²) in [5.74, 6) is -0.828. The summed E-state index contributed by atoms with van der Waals surface area (Å²) in [5, 5.41) is 11.1. The Morgan fingerprint density at radius 1 is 1.33 bits per heavy atom. The van der Waals surface area contributed by atoms with Crippen molar-refractivity contribution in [3.63, 3.8) is 0 Å². The van der Waals surface area contributed by atoms with Gasteiger partial charge in [-0.2, -0.15) is 0 Å². The Balaban J connectivity index is 0.00000289. The first-order chi connectivity index (χ1) is 7.78. The van der Waals surface area contributed by atoms with E-state index in [1.54, 1.807) is 20.8 Å². The summed E-state index contributed by atoms with van der Waals surface area (Å²) in [6, 6.07) is 2.75. The monoisotopic (exact) mass is 246 g/mol. The van der Waals surface area contributed by atoms with E-state index in [1.807, 2.05) is 0 Å². The van der Waals surface area contributed by atoms with Crippen molar-refractivity contribution >= 4 is 36.7 Å². The average Bonchev–Trinajstić information content (AvgIpc) is 2.15. The van der Waals surface area contributed by atoms with Crippen LogP contribution < -0.4 is 5.32 Å². The van der Waals surface area contributed by atoms with E-state index in [-0.39, 0.29) is 30.2 Å². The zero-order valence-electron chi connectivity index (χ0n) is 9.85. The molecule has 0 aliphatic carbocycles. The number of amides is 1. The number of rotatable bonds is 2. The predicted octanol–water partition coefficient (Wildman–Crippen LogP) is 1.48. The first-order valence-corrected chi connectivity index (χ1v) is 4.97. The Labute approximate surface area is 117 Å². The van der Waals surface area contributed by atoms with Crippen LogP contribution in [0.4, 0.5) is 10.6 Å². The molecular weight excluding hydrogens is 231 g/mol. The molecule has 0 radical (unpaired) electrons. The SMILES string of the molecule is CC(C)(C)OC(=O)Nc1ccc(C(=O)O)cn1.[LiH]. The third-order valence-corrected chi connectivity index (χ3v) is 1.64. The maximum atomic E-state index is 11.4. The van der Waals surface area contributed by atoms with Gasteiger partial charge in [0, 0.05) is 6.20 Å². The van der Waals surface area contributed by atoms with Gasteiger partial charge in [-0.15, -0.1) is 0 Å². The summed E-state index contributed by atoms with van der Waals surface area (Å²) in [4.78, 5) is 25.7. The summed E-state index contributed by atoms with van der Waals surface area (Å²) in [6.45, 7) is 5.23. The minimum atomic E-state index is -1.07. The standard InChI is InChI=1S/C11H14N2O4.Li.H/c1-11(2,3)17-10(16)13-8-5-4-7(6-12-8)9(14)15;;/h4-6H,1-3H3,(H,14,15)(H,12,13,16);;. The van der Waals surface area contributed by atoms with Crippen LogP contribution in [0.5, 0.6) is 0 Å². The van der Waals surface area contributed by atoms with Gasteiger partial charge in [0.05, 0.1) is 5.56 Å². The van der Waals surface area contributed by atoms with Gasteiger partial charge in [0.2, 0.25) is 0 Å². The van der Waals surface area contributed by atoms with Crippen LogP contribution in [-0.2, 0) is 4.74 Å². The van der Waals surface area contributed by atoms with E-state index >= 15 is 0 Å². The fraction of sp³-hybridized carbons (Fsp3) is 0.364. The molecule has 0 fully saturated rings. The number of aromatic carboxylic acids is 1. The van der Waals surface area contributed by atoms with E-state index < -0.39 is 17.7 Å². The Bertz CT molecular complexity index is 426. The molecule has 18 heavy (non-hydrogen) atoms. The topological polar surface area (TPSA) is 88.5 Å². The Kier molecular flexibility index (Phi) is 5.89. The van der Waals surface area contributed by atoms with Gasteiger partial charge in [-0.1, -0.05) is 0 Å². The molecule has 0 atom stereocenters. The van der Waals surface area contributed by atoms with Crippen molar-refractivity contribution in [1.82, 2.24) is 4.98 Å². The fourth-order valence-electron chi connectivity index (χ4n) is 1.00. The molecular formula is C11H15LiN2O4. The summed E-state index contributed by atoms with van der Waals surface area (Å²) in [7, 11) is 0. The molecule has 0 unspecified atom stereocenters. The zero-order chi connectivity index (χ0) is 13.1. The van der Waals surface area contributed by atoms with Crippen molar-refractivity contribution in [3.8, 4) is 0 Å². The maximum absolute atomic E-state index is 11.4. The number of anilines is 1. The first kappa shape index (κ1) is 16.5. The number of hydrogen-bond donors (Lipinski definition) is 2. The molecule has 0 aliphatic heterocycles. The van der Waals surface area contributed by atoms with Crippen molar-refractivity contribution in [2.24, 2.45) is 0 Å². The van der Waals surface area contributed by atoms with Crippen LogP contribution >= 0.6 is 0 Å². The number of hydrogen-bond acceptors (Lipinski definition) is 4. The van der Waals surface area contributed by atoms with Crippen LogP contribution in [0.3, 0.4) is 0 Å². The Morgan fingerprint density at radius 2 is 1.94 bits per heavy atom. The number of pyridine rings is 1. The van der Waals surface area contributed by atoms with E-state index in [1.165, 1.54) is 12.1 Å². The summed E-state index contributed by atoms with van der Waals surface area (Å²) >= 11 is 0. The van der Waals surface area contributed by atoms with Gasteiger partial charge in [-0.05, 0) is 32.9 Å². The molecule has 0 saturated heterocycles. The molecule has 0 spiro atoms. The van der Waals surface area contributed by atoms with Crippen molar-refractivity contribution in [2.45, 2.75) is 26.4 Å². The molecule has 2 N–H and O–H groups in total. The number of ether oxygens (including phenoxy) is 1. The third-order valence-electron chi connectivity index (χ3n) is 1.64. The van der Waals surface area contributed by atoms with Gasteiger partial charge in [0.1, 0.15) is 11.4 Å². The summed E-state index contributed by atoms with van der Waals surface area (Å²) < 4.78 is 5.01. The number of aromatic nitrogens is 1. The molecule has 0 bridgehead atoms. The second kappa shape index (κ2) is 6.43. The molecule has 0 aromatic carbocycles. The zero-order valence-corrected chi connectivity index (χ0v) is 9.85. The van der Waals surface area contributed by atoms with Gasteiger partial charge in [0.15, 0.2) is 0 Å². The van der Waals surface area contributed by atoms with E-state index in [0.717, 1.165) is 6.20 Å². The van der Waals surface area contributed by atoms with E-state index in [9.17, 15) is 9.59 Å². The normalized spacial score (nSPS) is 10.2. The number of nitrogens with one attached hydrogen (secondary N) is 1. The molecule has 94 valence electrons. The second-order valence-electron chi connectivity index (χ2n) is 4.36. The third kappa shape index (κ3) is 5.71. The number of nitrogens with zero attached hydrogens (tertiary/aromatic N) is 1. The van der Waals surface area contributed by atoms with Gasteiger partial charge in [0.25, 0.3) is 0 Å². The molecule has 1 aromatic heterocycles. The van der Waals surface area contributed by atoms with E-state index in [2.05, 4.69) is 10.3 Å². The first-order valence-electron chi connectivity index (χ1n) is 4.97. The minimum absolute atomic E-state index is 0. The number of carbonyl (C=O) groups is 2. The van der Waals surface area contributed by atoms with Crippen molar-refractivity contribution < 1.29 is 19.4 Å². The van der Waals surface area contributed by atoms with Crippen molar-refractivity contribution in [2.75, 3.05) is 5.32 Å². The molecule has 0 aliphatic rings. The van der Waals surface area contributed by atoms with Crippen LogP contribution in [0, 0.1) is 0 Å².